The van der Waals surface area contributed by atoms with Gasteiger partial charge in [-0.3, -0.25) is 14.4 Å². The normalized spacial score (nSPS) is 19.3. The van der Waals surface area contributed by atoms with Gasteiger partial charge in [0.25, 0.3) is 17.3 Å². The molecule has 3 heterocycles. The first kappa shape index (κ1) is 29.5. The molecule has 0 spiro atoms. The molecule has 0 saturated carbocycles. The fourth-order valence-electron chi connectivity index (χ4n) is 5.27. The van der Waals surface area contributed by atoms with Gasteiger partial charge in [-0.1, -0.05) is 31.2 Å². The number of ether oxygens (including phenoxy) is 2. The number of aromatic nitrogens is 1. The predicted octanol–water partition coefficient (Wildman–Crippen LogP) is 5.36. The van der Waals surface area contributed by atoms with E-state index < -0.39 is 13.9 Å². The number of aryl methyl sites for hydroxylation is 1. The van der Waals surface area contributed by atoms with Crippen LogP contribution in [-0.2, 0) is 11.3 Å². The zero-order valence-corrected chi connectivity index (χ0v) is 26.3. The zero-order valence-electron chi connectivity index (χ0n) is 23.7. The first-order valence-corrected chi connectivity index (χ1v) is 18.6. The summed E-state index contributed by atoms with van der Waals surface area (Å²) in [5.41, 5.74) is 2.05. The lowest BCUT2D eigenvalue weighted by Gasteiger charge is -2.39. The minimum atomic E-state index is -1.47. The van der Waals surface area contributed by atoms with Gasteiger partial charge >= 0.3 is 0 Å². The number of nitrogens with one attached hydrogen (secondary N) is 2. The van der Waals surface area contributed by atoms with Crippen molar-refractivity contribution in [2.75, 3.05) is 19.3 Å². The molecule has 0 unspecified atom stereocenters. The van der Waals surface area contributed by atoms with Crippen molar-refractivity contribution in [3.8, 4) is 11.5 Å². The molecule has 1 saturated heterocycles. The highest BCUT2D eigenvalue weighted by Gasteiger charge is 2.47. The first-order valence-electron chi connectivity index (χ1n) is 13.3. The molecule has 4 rings (SSSR count). The van der Waals surface area contributed by atoms with Crippen molar-refractivity contribution in [3.05, 3.63) is 49.9 Å². The monoisotopic (exact) mass is 591 g/mol. The molecular formula is C28H38ClN3O5SSi. The highest BCUT2D eigenvalue weighted by Crippen LogP contribution is 2.51. The third kappa shape index (κ3) is 6.33. The third-order valence-electron chi connectivity index (χ3n) is 7.44. The first-order chi connectivity index (χ1) is 18.2. The van der Waals surface area contributed by atoms with E-state index in [1.165, 1.54) is 11.8 Å². The van der Waals surface area contributed by atoms with Gasteiger partial charge in [0, 0.05) is 65.8 Å². The van der Waals surface area contributed by atoms with Gasteiger partial charge in [-0.2, -0.15) is 0 Å². The quantitative estimate of drug-likeness (QED) is 0.332. The molecule has 2 aromatic rings. The third-order valence-corrected chi connectivity index (χ3v) is 9.89. The van der Waals surface area contributed by atoms with Gasteiger partial charge in [-0.05, 0) is 45.1 Å². The van der Waals surface area contributed by atoms with Gasteiger partial charge in [0.05, 0.1) is 13.1 Å². The number of rotatable bonds is 7. The lowest BCUT2D eigenvalue weighted by molar-refractivity contribution is -0.141. The number of H-pyrrole nitrogens is 1. The van der Waals surface area contributed by atoms with Crippen LogP contribution < -0.4 is 20.3 Å². The summed E-state index contributed by atoms with van der Waals surface area (Å²) >= 11 is 8.06. The van der Waals surface area contributed by atoms with Crippen molar-refractivity contribution in [1.29, 1.82) is 0 Å². The smallest absolute Gasteiger partial charge is 0.254 e. The Bertz CT molecular complexity index is 1350. The average Bonchev–Trinajstić information content (AvgIpc) is 3.24. The summed E-state index contributed by atoms with van der Waals surface area (Å²) in [7, 11) is -1.47. The number of fused-ring (bicyclic) bond motifs is 1. The van der Waals surface area contributed by atoms with Gasteiger partial charge in [-0.15, -0.1) is 11.8 Å². The molecule has 1 aromatic heterocycles. The molecular weight excluding hydrogens is 554 g/mol. The highest BCUT2D eigenvalue weighted by molar-refractivity contribution is 7.98. The van der Waals surface area contributed by atoms with Crippen LogP contribution in [0.5, 0.6) is 11.5 Å². The standard InChI is InChI=1S/C28H38ClN3O5SSi/c1-16-12-22(38-4)20(27(35)31-16)14-30-26(34)19-13-21(29)25-24(17(19)2)36-28(3,37-25)18-8-10-32(11-9-18)23(33)15-39(5,6)7/h12-13,18H,8-11,14-15H2,1-7H3,(H,30,34)(H,31,35)/t28-/m0/s1. The molecule has 2 aliphatic heterocycles. The lowest BCUT2D eigenvalue weighted by Crippen LogP contribution is -2.50. The van der Waals surface area contributed by atoms with Crippen LogP contribution in [-0.4, -0.2) is 54.9 Å². The van der Waals surface area contributed by atoms with Crippen molar-refractivity contribution in [1.82, 2.24) is 15.2 Å². The number of halogens is 1. The van der Waals surface area contributed by atoms with Crippen molar-refractivity contribution < 1.29 is 19.1 Å². The summed E-state index contributed by atoms with van der Waals surface area (Å²) in [4.78, 5) is 44.0. The Kier molecular flexibility index (Phi) is 8.49. The van der Waals surface area contributed by atoms with E-state index in [4.69, 9.17) is 21.1 Å². The number of likely N-dealkylation sites (tertiary alicyclic amines) is 1. The number of aromatic amines is 1. The second-order valence-corrected chi connectivity index (χ2v) is 18.5. The van der Waals surface area contributed by atoms with Crippen LogP contribution in [0.2, 0.25) is 30.7 Å². The van der Waals surface area contributed by atoms with E-state index in [9.17, 15) is 14.4 Å². The van der Waals surface area contributed by atoms with Crippen LogP contribution in [0.25, 0.3) is 0 Å². The van der Waals surface area contributed by atoms with Crippen molar-refractivity contribution >= 4 is 43.3 Å². The van der Waals surface area contributed by atoms with Crippen LogP contribution >= 0.6 is 23.4 Å². The van der Waals surface area contributed by atoms with Gasteiger partial charge < -0.3 is 24.7 Å². The number of benzene rings is 1. The van der Waals surface area contributed by atoms with E-state index in [-0.39, 0.29) is 29.8 Å². The van der Waals surface area contributed by atoms with Crippen LogP contribution in [0.1, 0.15) is 46.9 Å². The zero-order chi connectivity index (χ0) is 28.7. The molecule has 1 fully saturated rings. The molecule has 39 heavy (non-hydrogen) atoms. The van der Waals surface area contributed by atoms with Crippen molar-refractivity contribution in [2.45, 2.75) is 76.5 Å². The van der Waals surface area contributed by atoms with Gasteiger partial charge in [0.2, 0.25) is 5.91 Å². The number of piperidine rings is 1. The molecule has 1 atom stereocenters. The summed E-state index contributed by atoms with van der Waals surface area (Å²) in [5, 5.41) is 3.16. The molecule has 1 aromatic carbocycles. The Balaban J connectivity index is 1.47. The topological polar surface area (TPSA) is 101 Å². The van der Waals surface area contributed by atoms with Gasteiger partial charge in [0.1, 0.15) is 0 Å². The Labute approximate surface area is 240 Å². The number of amides is 2. The molecule has 0 radical (unpaired) electrons. The van der Waals surface area contributed by atoms with E-state index in [1.807, 2.05) is 38.0 Å². The van der Waals surface area contributed by atoms with E-state index in [0.717, 1.165) is 23.4 Å². The maximum Gasteiger partial charge on any atom is 0.254 e. The second-order valence-electron chi connectivity index (χ2n) is 11.8. The van der Waals surface area contributed by atoms with Crippen LogP contribution in [0.15, 0.2) is 21.8 Å². The number of thioether (sulfide) groups is 1. The average molecular weight is 592 g/mol. The maximum atomic E-state index is 13.2. The number of carbonyl (C=O) groups excluding carboxylic acids is 2. The van der Waals surface area contributed by atoms with Gasteiger partial charge in [0.15, 0.2) is 11.5 Å². The fraction of sp³-hybridized carbons (Fsp3) is 0.536. The highest BCUT2D eigenvalue weighted by atomic mass is 35.5. The largest absolute Gasteiger partial charge is 0.448 e. The summed E-state index contributed by atoms with van der Waals surface area (Å²) in [6, 6.07) is 4.14. The van der Waals surface area contributed by atoms with Crippen LogP contribution in [0.3, 0.4) is 0 Å². The Morgan fingerprint density at radius 3 is 2.44 bits per heavy atom. The molecule has 0 aliphatic carbocycles. The summed E-state index contributed by atoms with van der Waals surface area (Å²) in [6.07, 6.45) is 3.41. The summed E-state index contributed by atoms with van der Waals surface area (Å²) < 4.78 is 12.7. The number of pyridine rings is 1. The maximum absolute atomic E-state index is 13.2. The molecule has 2 amide bonds. The second kappa shape index (κ2) is 11.2. The van der Waals surface area contributed by atoms with Crippen LogP contribution in [0, 0.1) is 19.8 Å². The molecule has 0 bridgehead atoms. The summed E-state index contributed by atoms with van der Waals surface area (Å²) in [6.45, 7) is 13.6. The molecule has 2 aliphatic rings. The summed E-state index contributed by atoms with van der Waals surface area (Å²) in [5.74, 6) is -0.0959. The lowest BCUT2D eigenvalue weighted by atomic mass is 9.89. The van der Waals surface area contributed by atoms with E-state index >= 15 is 0 Å². The SMILES string of the molecule is CSc1cc(C)[nH]c(=O)c1CNC(=O)c1cc(Cl)c2c(c1C)O[C@](C)(C1CCN(C(=O)C[Si](C)(C)C)CC1)O2. The Morgan fingerprint density at radius 2 is 1.82 bits per heavy atom. The number of carbonyl (C=O) groups is 2. The Morgan fingerprint density at radius 1 is 1.18 bits per heavy atom. The molecule has 8 nitrogen and oxygen atoms in total. The van der Waals surface area contributed by atoms with E-state index in [0.29, 0.717) is 52.3 Å². The van der Waals surface area contributed by atoms with Gasteiger partial charge in [-0.25, -0.2) is 0 Å². The number of nitrogens with zero attached hydrogens (tertiary/aromatic N) is 1. The van der Waals surface area contributed by atoms with Crippen LogP contribution in [0.4, 0.5) is 0 Å². The van der Waals surface area contributed by atoms with Crippen molar-refractivity contribution in [2.24, 2.45) is 5.92 Å². The predicted molar refractivity (Wildman–Crippen MR) is 158 cm³/mol. The molecule has 11 heteroatoms. The molecule has 2 N–H and O–H groups in total. The fourth-order valence-corrected chi connectivity index (χ4v) is 7.34. The number of hydrogen-bond acceptors (Lipinski definition) is 6. The van der Waals surface area contributed by atoms with E-state index in [2.05, 4.69) is 29.9 Å². The minimum Gasteiger partial charge on any atom is -0.448 e. The molecule has 212 valence electrons. The number of hydrogen-bond donors (Lipinski definition) is 2. The van der Waals surface area contributed by atoms with Crippen molar-refractivity contribution in [3.63, 3.8) is 0 Å². The minimum absolute atomic E-state index is 0.0619. The Hall–Kier alpha value is -2.43. The van der Waals surface area contributed by atoms with E-state index in [1.54, 1.807) is 6.07 Å².